The largest absolute Gasteiger partial charge is 0.493 e. The molecule has 3 heteroatoms. The summed E-state index contributed by atoms with van der Waals surface area (Å²) in [6.07, 6.45) is 3.33. The Morgan fingerprint density at radius 2 is 2.29 bits per heavy atom. The molecule has 1 aliphatic rings. The van der Waals surface area contributed by atoms with Crippen molar-refractivity contribution in [2.24, 2.45) is 0 Å². The summed E-state index contributed by atoms with van der Waals surface area (Å²) >= 11 is 5.70. The zero-order chi connectivity index (χ0) is 12.1. The summed E-state index contributed by atoms with van der Waals surface area (Å²) < 4.78 is 5.62. The van der Waals surface area contributed by atoms with Crippen molar-refractivity contribution in [2.75, 3.05) is 26.1 Å². The van der Waals surface area contributed by atoms with E-state index in [0.29, 0.717) is 0 Å². The maximum absolute atomic E-state index is 5.70. The van der Waals surface area contributed by atoms with Crippen LogP contribution in [0.2, 0.25) is 0 Å². The van der Waals surface area contributed by atoms with Crippen LogP contribution in [0.1, 0.15) is 24.0 Å². The lowest BCUT2D eigenvalue weighted by Crippen LogP contribution is -2.19. The van der Waals surface area contributed by atoms with Gasteiger partial charge in [-0.25, -0.2) is 0 Å². The molecule has 1 heterocycles. The third-order valence-corrected chi connectivity index (χ3v) is 3.37. The lowest BCUT2D eigenvalue weighted by Gasteiger charge is -2.20. The highest BCUT2D eigenvalue weighted by molar-refractivity contribution is 6.17. The topological polar surface area (TPSA) is 12.5 Å². The van der Waals surface area contributed by atoms with Gasteiger partial charge in [0.25, 0.3) is 0 Å². The molecule has 0 saturated carbocycles. The second kappa shape index (κ2) is 6.27. The van der Waals surface area contributed by atoms with Crippen molar-refractivity contribution in [3.8, 4) is 5.75 Å². The van der Waals surface area contributed by atoms with E-state index in [1.54, 1.807) is 0 Å². The third kappa shape index (κ3) is 3.62. The van der Waals surface area contributed by atoms with E-state index in [1.165, 1.54) is 11.1 Å². The first-order valence-electron chi connectivity index (χ1n) is 6.28. The summed E-state index contributed by atoms with van der Waals surface area (Å²) in [5, 5.41) is 0. The number of ether oxygens (including phenoxy) is 1. The van der Waals surface area contributed by atoms with Gasteiger partial charge in [-0.2, -0.15) is 0 Å². The smallest absolute Gasteiger partial charge is 0.122 e. The summed E-state index contributed by atoms with van der Waals surface area (Å²) in [6, 6.07) is 6.56. The number of benzene rings is 1. The van der Waals surface area contributed by atoms with Crippen molar-refractivity contribution in [1.82, 2.24) is 4.90 Å². The van der Waals surface area contributed by atoms with Crippen LogP contribution < -0.4 is 4.74 Å². The fourth-order valence-corrected chi connectivity index (χ4v) is 2.35. The van der Waals surface area contributed by atoms with Crippen LogP contribution >= 0.6 is 11.6 Å². The van der Waals surface area contributed by atoms with E-state index >= 15 is 0 Å². The number of nitrogens with zero attached hydrogens (tertiary/aromatic N) is 1. The zero-order valence-corrected chi connectivity index (χ0v) is 11.2. The van der Waals surface area contributed by atoms with Crippen LogP contribution in [0.25, 0.3) is 0 Å². The number of hydrogen-bond donors (Lipinski definition) is 0. The highest BCUT2D eigenvalue weighted by Gasteiger charge is 2.11. The minimum Gasteiger partial charge on any atom is -0.493 e. The van der Waals surface area contributed by atoms with E-state index in [9.17, 15) is 0 Å². The Balaban J connectivity index is 1.97. The molecule has 0 atom stereocenters. The molecule has 0 unspecified atom stereocenters. The summed E-state index contributed by atoms with van der Waals surface area (Å²) in [5.74, 6) is 1.81. The Kier molecular flexibility index (Phi) is 4.69. The molecule has 0 bridgehead atoms. The zero-order valence-electron chi connectivity index (χ0n) is 10.4. The van der Waals surface area contributed by atoms with E-state index in [4.69, 9.17) is 16.3 Å². The van der Waals surface area contributed by atoms with Gasteiger partial charge in [0.05, 0.1) is 6.61 Å². The Hall–Kier alpha value is -0.730. The van der Waals surface area contributed by atoms with E-state index in [1.807, 2.05) is 0 Å². The lowest BCUT2D eigenvalue weighted by atomic mass is 10.0. The van der Waals surface area contributed by atoms with E-state index in [0.717, 1.165) is 50.6 Å². The van der Waals surface area contributed by atoms with Gasteiger partial charge >= 0.3 is 0 Å². The molecule has 0 aliphatic carbocycles. The minimum atomic E-state index is 0.738. The average molecular weight is 254 g/mol. The van der Waals surface area contributed by atoms with Crippen LogP contribution in [0.4, 0.5) is 0 Å². The monoisotopic (exact) mass is 253 g/mol. The third-order valence-electron chi connectivity index (χ3n) is 3.10. The molecule has 0 saturated heterocycles. The highest BCUT2D eigenvalue weighted by atomic mass is 35.5. The molecule has 17 heavy (non-hydrogen) atoms. The van der Waals surface area contributed by atoms with Gasteiger partial charge in [-0.3, -0.25) is 0 Å². The Morgan fingerprint density at radius 3 is 3.12 bits per heavy atom. The van der Waals surface area contributed by atoms with Crippen LogP contribution in [0.5, 0.6) is 5.75 Å². The molecular formula is C14H20ClNO. The molecule has 0 spiro atoms. The molecule has 1 aromatic carbocycles. The first kappa shape index (κ1) is 12.7. The Bertz CT molecular complexity index is 367. The van der Waals surface area contributed by atoms with Crippen molar-refractivity contribution in [3.05, 3.63) is 29.3 Å². The maximum atomic E-state index is 5.70. The minimum absolute atomic E-state index is 0.738. The molecule has 94 valence electrons. The van der Waals surface area contributed by atoms with Gasteiger partial charge < -0.3 is 9.64 Å². The van der Waals surface area contributed by atoms with E-state index in [2.05, 4.69) is 30.1 Å². The van der Waals surface area contributed by atoms with Gasteiger partial charge in [0.2, 0.25) is 0 Å². The predicted molar refractivity (Wildman–Crippen MR) is 71.9 cm³/mol. The van der Waals surface area contributed by atoms with Gasteiger partial charge in [0.1, 0.15) is 5.75 Å². The van der Waals surface area contributed by atoms with Crippen molar-refractivity contribution in [3.63, 3.8) is 0 Å². The summed E-state index contributed by atoms with van der Waals surface area (Å²) in [4.78, 5) is 2.31. The van der Waals surface area contributed by atoms with Crippen molar-refractivity contribution in [1.29, 1.82) is 0 Å². The molecule has 0 radical (unpaired) electrons. The molecule has 0 N–H and O–H groups in total. The normalized spacial score (nSPS) is 14.5. The standard InChI is InChI=1S/C14H20ClNO/c1-16(8-3-7-15)11-12-5-6-14-13(10-12)4-2-9-17-14/h5-6,10H,2-4,7-9,11H2,1H3. The number of aryl methyl sites for hydroxylation is 1. The predicted octanol–water partition coefficient (Wildman–Crippen LogP) is 3.07. The SMILES string of the molecule is CN(CCCCl)Cc1ccc2c(c1)CCCO2. The van der Waals surface area contributed by atoms with Gasteiger partial charge in [0.15, 0.2) is 0 Å². The molecule has 1 aliphatic heterocycles. The van der Waals surface area contributed by atoms with Gasteiger partial charge in [0, 0.05) is 12.4 Å². The van der Waals surface area contributed by atoms with E-state index < -0.39 is 0 Å². The Morgan fingerprint density at radius 1 is 1.41 bits per heavy atom. The average Bonchev–Trinajstić information content (AvgIpc) is 2.36. The summed E-state index contributed by atoms with van der Waals surface area (Å²) in [7, 11) is 2.14. The quantitative estimate of drug-likeness (QED) is 0.748. The van der Waals surface area contributed by atoms with Gasteiger partial charge in [-0.1, -0.05) is 12.1 Å². The summed E-state index contributed by atoms with van der Waals surface area (Å²) in [6.45, 7) is 2.91. The fourth-order valence-electron chi connectivity index (χ4n) is 2.23. The fraction of sp³-hybridized carbons (Fsp3) is 0.571. The number of hydrogen-bond acceptors (Lipinski definition) is 2. The molecule has 2 nitrogen and oxygen atoms in total. The van der Waals surface area contributed by atoms with E-state index in [-0.39, 0.29) is 0 Å². The molecular weight excluding hydrogens is 234 g/mol. The second-order valence-electron chi connectivity index (χ2n) is 4.67. The number of fused-ring (bicyclic) bond motifs is 1. The highest BCUT2D eigenvalue weighted by Crippen LogP contribution is 2.25. The molecule has 1 aromatic rings. The number of halogens is 1. The maximum Gasteiger partial charge on any atom is 0.122 e. The lowest BCUT2D eigenvalue weighted by molar-refractivity contribution is 0.287. The van der Waals surface area contributed by atoms with Crippen LogP contribution in [0.15, 0.2) is 18.2 Å². The van der Waals surface area contributed by atoms with Crippen molar-refractivity contribution < 1.29 is 4.74 Å². The Labute approximate surface area is 109 Å². The van der Waals surface area contributed by atoms with Crippen LogP contribution in [0.3, 0.4) is 0 Å². The van der Waals surface area contributed by atoms with Crippen LogP contribution in [0, 0.1) is 0 Å². The number of rotatable bonds is 5. The van der Waals surface area contributed by atoms with Gasteiger partial charge in [-0.05, 0) is 50.0 Å². The molecule has 0 fully saturated rings. The van der Waals surface area contributed by atoms with Crippen molar-refractivity contribution >= 4 is 11.6 Å². The van der Waals surface area contributed by atoms with Crippen molar-refractivity contribution in [2.45, 2.75) is 25.8 Å². The second-order valence-corrected chi connectivity index (χ2v) is 5.05. The first-order valence-corrected chi connectivity index (χ1v) is 6.82. The van der Waals surface area contributed by atoms with Crippen LogP contribution in [-0.2, 0) is 13.0 Å². The van der Waals surface area contributed by atoms with Crippen LogP contribution in [-0.4, -0.2) is 31.0 Å². The molecule has 2 rings (SSSR count). The van der Waals surface area contributed by atoms with Gasteiger partial charge in [-0.15, -0.1) is 11.6 Å². The number of alkyl halides is 1. The first-order chi connectivity index (χ1) is 8.29. The summed E-state index contributed by atoms with van der Waals surface area (Å²) in [5.41, 5.74) is 2.73. The molecule has 0 amide bonds. The molecule has 0 aromatic heterocycles.